The van der Waals surface area contributed by atoms with Crippen molar-refractivity contribution in [3.63, 3.8) is 0 Å². The summed E-state index contributed by atoms with van der Waals surface area (Å²) < 4.78 is 7.46. The van der Waals surface area contributed by atoms with Crippen LogP contribution in [-0.4, -0.2) is 15.7 Å². The molecule has 4 rings (SSSR count). The SMILES string of the molecule is Cc1nn(C)c(C)c1NC(=O)Cc1coc2cc3c(cc12)CCC3. The van der Waals surface area contributed by atoms with Crippen LogP contribution in [0.2, 0.25) is 0 Å². The summed E-state index contributed by atoms with van der Waals surface area (Å²) in [5, 5.41) is 8.38. The Balaban J connectivity index is 1.59. The lowest BCUT2D eigenvalue weighted by Gasteiger charge is -2.05. The quantitative estimate of drug-likeness (QED) is 0.803. The van der Waals surface area contributed by atoms with Crippen LogP contribution in [-0.2, 0) is 31.1 Å². The van der Waals surface area contributed by atoms with Crippen LogP contribution in [0.15, 0.2) is 22.8 Å². The van der Waals surface area contributed by atoms with Crippen LogP contribution in [0.25, 0.3) is 11.0 Å². The van der Waals surface area contributed by atoms with E-state index in [9.17, 15) is 4.79 Å². The van der Waals surface area contributed by atoms with E-state index in [1.165, 1.54) is 17.5 Å². The number of carbonyl (C=O) groups is 1. The smallest absolute Gasteiger partial charge is 0.229 e. The van der Waals surface area contributed by atoms with E-state index >= 15 is 0 Å². The van der Waals surface area contributed by atoms with Gasteiger partial charge in [-0.15, -0.1) is 0 Å². The predicted molar refractivity (Wildman–Crippen MR) is 93.3 cm³/mol. The highest BCUT2D eigenvalue weighted by molar-refractivity contribution is 5.96. The van der Waals surface area contributed by atoms with Crippen molar-refractivity contribution in [2.75, 3.05) is 5.32 Å². The summed E-state index contributed by atoms with van der Waals surface area (Å²) in [6.45, 7) is 3.85. The number of nitrogens with zero attached hydrogens (tertiary/aromatic N) is 2. The van der Waals surface area contributed by atoms with Crippen LogP contribution in [0.5, 0.6) is 0 Å². The van der Waals surface area contributed by atoms with Gasteiger partial charge in [0.15, 0.2) is 0 Å². The topological polar surface area (TPSA) is 60.1 Å². The molecule has 5 nitrogen and oxygen atoms in total. The largest absolute Gasteiger partial charge is 0.464 e. The van der Waals surface area contributed by atoms with E-state index in [-0.39, 0.29) is 5.91 Å². The zero-order valence-electron chi connectivity index (χ0n) is 14.3. The van der Waals surface area contributed by atoms with Crippen molar-refractivity contribution in [3.05, 3.63) is 46.5 Å². The molecule has 0 spiro atoms. The standard InChI is InChI=1S/C19H21N3O2/c1-11-19(12(2)22(3)21-11)20-18(23)9-15-10-24-17-8-14-6-4-5-13(14)7-16(15)17/h7-8,10H,4-6,9H2,1-3H3,(H,20,23). The Morgan fingerprint density at radius 3 is 2.75 bits per heavy atom. The van der Waals surface area contributed by atoms with Crippen LogP contribution in [0.4, 0.5) is 5.69 Å². The first-order valence-corrected chi connectivity index (χ1v) is 8.35. The van der Waals surface area contributed by atoms with E-state index in [1.807, 2.05) is 20.9 Å². The van der Waals surface area contributed by atoms with Crippen molar-refractivity contribution < 1.29 is 9.21 Å². The van der Waals surface area contributed by atoms with Gasteiger partial charge in [0.1, 0.15) is 5.58 Å². The van der Waals surface area contributed by atoms with Crippen LogP contribution >= 0.6 is 0 Å². The number of benzene rings is 1. The average Bonchev–Trinajstić information content (AvgIpc) is 3.21. The molecule has 3 aromatic rings. The Bertz CT molecular complexity index is 949. The molecule has 1 aliphatic rings. The van der Waals surface area contributed by atoms with E-state index in [4.69, 9.17) is 4.42 Å². The van der Waals surface area contributed by atoms with Crippen LogP contribution in [0, 0.1) is 13.8 Å². The molecule has 2 heterocycles. The van der Waals surface area contributed by atoms with Crippen LogP contribution < -0.4 is 5.32 Å². The number of hydrogen-bond acceptors (Lipinski definition) is 3. The number of amides is 1. The fourth-order valence-electron chi connectivity index (χ4n) is 3.60. The van der Waals surface area contributed by atoms with Gasteiger partial charge in [0, 0.05) is 18.0 Å². The van der Waals surface area contributed by atoms with Gasteiger partial charge in [-0.1, -0.05) is 0 Å². The normalized spacial score (nSPS) is 13.5. The maximum atomic E-state index is 12.5. The summed E-state index contributed by atoms with van der Waals surface area (Å²) in [7, 11) is 1.88. The maximum Gasteiger partial charge on any atom is 0.229 e. The number of furan rings is 1. The third-order valence-electron chi connectivity index (χ3n) is 4.99. The molecule has 0 aliphatic heterocycles. The summed E-state index contributed by atoms with van der Waals surface area (Å²) in [6, 6.07) is 4.33. The fraction of sp³-hybridized carbons (Fsp3) is 0.368. The minimum absolute atomic E-state index is 0.0441. The molecule has 1 amide bonds. The lowest BCUT2D eigenvalue weighted by Crippen LogP contribution is -2.15. The first-order chi connectivity index (χ1) is 11.5. The van der Waals surface area contributed by atoms with Crippen molar-refractivity contribution in [1.29, 1.82) is 0 Å². The number of nitrogens with one attached hydrogen (secondary N) is 1. The minimum Gasteiger partial charge on any atom is -0.464 e. The van der Waals surface area contributed by atoms with Gasteiger partial charge in [0.05, 0.1) is 29.8 Å². The lowest BCUT2D eigenvalue weighted by atomic mass is 10.0. The molecule has 0 unspecified atom stereocenters. The summed E-state index contributed by atoms with van der Waals surface area (Å²) in [4.78, 5) is 12.5. The Kier molecular flexibility index (Phi) is 3.44. The van der Waals surface area contributed by atoms with Gasteiger partial charge in [-0.25, -0.2) is 0 Å². The summed E-state index contributed by atoms with van der Waals surface area (Å²) >= 11 is 0. The molecule has 2 aromatic heterocycles. The third-order valence-corrected chi connectivity index (χ3v) is 4.99. The number of rotatable bonds is 3. The van der Waals surface area contributed by atoms with Crippen molar-refractivity contribution in [2.24, 2.45) is 7.05 Å². The second-order valence-corrected chi connectivity index (χ2v) is 6.63. The molecular weight excluding hydrogens is 302 g/mol. The molecule has 0 bridgehead atoms. The Morgan fingerprint density at radius 2 is 2.04 bits per heavy atom. The lowest BCUT2D eigenvalue weighted by molar-refractivity contribution is -0.115. The van der Waals surface area contributed by atoms with E-state index in [1.54, 1.807) is 10.9 Å². The predicted octanol–water partition coefficient (Wildman–Crippen LogP) is 3.45. The zero-order chi connectivity index (χ0) is 16.8. The molecule has 0 atom stereocenters. The first kappa shape index (κ1) is 15.0. The Morgan fingerprint density at radius 1 is 1.29 bits per heavy atom. The van der Waals surface area contributed by atoms with Gasteiger partial charge >= 0.3 is 0 Å². The number of anilines is 1. The summed E-state index contributed by atoms with van der Waals surface area (Å²) in [5.74, 6) is -0.0441. The highest BCUT2D eigenvalue weighted by Crippen LogP contribution is 2.30. The van der Waals surface area contributed by atoms with Crippen molar-refractivity contribution >= 4 is 22.6 Å². The van der Waals surface area contributed by atoms with Crippen molar-refractivity contribution in [2.45, 2.75) is 39.5 Å². The molecule has 0 saturated heterocycles. The van der Waals surface area contributed by atoms with Gasteiger partial charge in [-0.2, -0.15) is 5.10 Å². The Labute approximate surface area is 140 Å². The molecule has 124 valence electrons. The number of hydrogen-bond donors (Lipinski definition) is 1. The molecule has 0 fully saturated rings. The highest BCUT2D eigenvalue weighted by atomic mass is 16.3. The first-order valence-electron chi connectivity index (χ1n) is 8.35. The molecular formula is C19H21N3O2. The second-order valence-electron chi connectivity index (χ2n) is 6.63. The van der Waals surface area contributed by atoms with E-state index in [0.29, 0.717) is 6.42 Å². The molecule has 1 N–H and O–H groups in total. The van der Waals surface area contributed by atoms with E-state index < -0.39 is 0 Å². The maximum absolute atomic E-state index is 12.5. The molecule has 5 heteroatoms. The van der Waals surface area contributed by atoms with E-state index in [0.717, 1.165) is 46.4 Å². The molecule has 24 heavy (non-hydrogen) atoms. The molecule has 1 aromatic carbocycles. The monoisotopic (exact) mass is 323 g/mol. The van der Waals surface area contributed by atoms with Gasteiger partial charge in [0.25, 0.3) is 0 Å². The van der Waals surface area contributed by atoms with Crippen molar-refractivity contribution in [1.82, 2.24) is 9.78 Å². The number of fused-ring (bicyclic) bond motifs is 2. The Hall–Kier alpha value is -2.56. The minimum atomic E-state index is -0.0441. The highest BCUT2D eigenvalue weighted by Gasteiger charge is 2.18. The van der Waals surface area contributed by atoms with Gasteiger partial charge < -0.3 is 9.73 Å². The van der Waals surface area contributed by atoms with Gasteiger partial charge in [0.2, 0.25) is 5.91 Å². The second kappa shape index (κ2) is 5.51. The van der Waals surface area contributed by atoms with Gasteiger partial charge in [-0.3, -0.25) is 9.48 Å². The van der Waals surface area contributed by atoms with Crippen LogP contribution in [0.1, 0.15) is 34.5 Å². The summed E-state index contributed by atoms with van der Waals surface area (Å²) in [6.07, 6.45) is 5.47. The number of carbonyl (C=O) groups excluding carboxylic acids is 1. The zero-order valence-corrected chi connectivity index (χ0v) is 14.3. The molecule has 0 saturated carbocycles. The average molecular weight is 323 g/mol. The van der Waals surface area contributed by atoms with Crippen LogP contribution in [0.3, 0.4) is 0 Å². The number of aryl methyl sites for hydroxylation is 4. The molecule has 1 aliphatic carbocycles. The molecule has 0 radical (unpaired) electrons. The van der Waals surface area contributed by atoms with Gasteiger partial charge in [-0.05, 0) is 56.4 Å². The third kappa shape index (κ3) is 2.40. The summed E-state index contributed by atoms with van der Waals surface area (Å²) in [5.41, 5.74) is 7.19. The fourth-order valence-corrected chi connectivity index (χ4v) is 3.60. The van der Waals surface area contributed by atoms with Crippen molar-refractivity contribution in [3.8, 4) is 0 Å². The number of aromatic nitrogens is 2. The van der Waals surface area contributed by atoms with E-state index in [2.05, 4.69) is 22.5 Å².